The van der Waals surface area contributed by atoms with E-state index in [-0.39, 0.29) is 94.1 Å². The fourth-order valence-corrected chi connectivity index (χ4v) is 12.0. The Kier molecular flexibility index (Phi) is 27.9. The molecule has 11 atom stereocenters. The van der Waals surface area contributed by atoms with Crippen LogP contribution in [0.4, 0.5) is 20.1 Å². The molecule has 26 nitrogen and oxygen atoms in total. The van der Waals surface area contributed by atoms with Gasteiger partial charge in [0.05, 0.1) is 49.1 Å². The van der Waals surface area contributed by atoms with Gasteiger partial charge in [-0.1, -0.05) is 105 Å². The Hall–Kier alpha value is -9.14. The monoisotopic (exact) mass is 1330 g/mol. The SMILES string of the molecule is CC(=O)N[C@@H](CCCCNC(=O)OCC1c2ccccc2-c2ccccc21)C(=O)N[C@H](C(=O)N[C@@H](CCCNC(N)=O)C(=O)Nc1ccc(COC(=O)NNC(=O)C[C@@H]2C[C@@]3(CO3)C[C@@H](/C=C/C(C)=C/C[C@@H]3O[C@H](C)[C@H](NC(=O)/C=C\[C@H](C)OC(C)=O)C[C@@H]3C)O2)cc1)C(C)C. The van der Waals surface area contributed by atoms with Crippen LogP contribution in [0.25, 0.3) is 11.1 Å². The predicted molar refractivity (Wildman–Crippen MR) is 356 cm³/mol. The van der Waals surface area contributed by atoms with Gasteiger partial charge in [0.2, 0.25) is 35.4 Å². The van der Waals surface area contributed by atoms with Crippen molar-refractivity contribution in [3.05, 3.63) is 125 Å². The number of ether oxygens (including phenoxy) is 6. The second-order valence-electron chi connectivity index (χ2n) is 25.5. The van der Waals surface area contributed by atoms with E-state index in [2.05, 4.69) is 73.2 Å². The topological polar surface area (TPSA) is 364 Å². The van der Waals surface area contributed by atoms with Crippen LogP contribution in [0.2, 0.25) is 0 Å². The number of esters is 1. The molecule has 10 amide bonds. The van der Waals surface area contributed by atoms with E-state index in [0.29, 0.717) is 50.0 Å². The molecule has 3 aromatic carbocycles. The minimum absolute atomic E-state index is 0.0550. The average Bonchev–Trinajstić information content (AvgIpc) is 1.62. The minimum Gasteiger partial charge on any atom is -0.459 e. The second kappa shape index (κ2) is 36.1. The van der Waals surface area contributed by atoms with Crippen molar-refractivity contribution in [2.75, 3.05) is 31.6 Å². The van der Waals surface area contributed by atoms with E-state index < -0.39 is 95.6 Å². The lowest BCUT2D eigenvalue weighted by Gasteiger charge is -2.39. The summed E-state index contributed by atoms with van der Waals surface area (Å²) in [6.45, 7) is 14.6. The van der Waals surface area contributed by atoms with Gasteiger partial charge in [-0.3, -0.25) is 39.0 Å². The van der Waals surface area contributed by atoms with Crippen LogP contribution in [0, 0.1) is 11.8 Å². The van der Waals surface area contributed by atoms with Crippen LogP contribution in [-0.2, 0) is 68.6 Å². The summed E-state index contributed by atoms with van der Waals surface area (Å²) in [6, 6.07) is 18.1. The second-order valence-corrected chi connectivity index (χ2v) is 25.5. The highest BCUT2D eigenvalue weighted by Gasteiger charge is 2.51. The zero-order chi connectivity index (χ0) is 69.5. The molecule has 0 unspecified atom stereocenters. The number of fused-ring (bicyclic) bond motifs is 3. The first-order valence-corrected chi connectivity index (χ1v) is 32.9. The van der Waals surface area contributed by atoms with Crippen LogP contribution >= 0.6 is 0 Å². The smallest absolute Gasteiger partial charge is 0.426 e. The number of carbonyl (C=O) groups is 10. The summed E-state index contributed by atoms with van der Waals surface area (Å²) in [4.78, 5) is 128. The number of epoxide rings is 1. The van der Waals surface area contributed by atoms with Crippen molar-refractivity contribution in [1.82, 2.24) is 42.8 Å². The maximum atomic E-state index is 14.0. The van der Waals surface area contributed by atoms with E-state index in [0.717, 1.165) is 34.2 Å². The Bertz CT molecular complexity index is 3270. The largest absolute Gasteiger partial charge is 0.459 e. The highest BCUT2D eigenvalue weighted by Crippen LogP contribution is 2.45. The molecule has 0 radical (unpaired) electrons. The summed E-state index contributed by atoms with van der Waals surface area (Å²) >= 11 is 0. The first kappa shape index (κ1) is 74.3. The van der Waals surface area contributed by atoms with Gasteiger partial charge < -0.3 is 71.4 Å². The van der Waals surface area contributed by atoms with Gasteiger partial charge in [-0.2, -0.15) is 0 Å². The third-order valence-electron chi connectivity index (χ3n) is 17.1. The van der Waals surface area contributed by atoms with Gasteiger partial charge in [-0.05, 0) is 124 Å². The highest BCUT2D eigenvalue weighted by atomic mass is 16.6. The van der Waals surface area contributed by atoms with E-state index in [4.69, 9.17) is 34.2 Å². The Morgan fingerprint density at radius 2 is 1.39 bits per heavy atom. The van der Waals surface area contributed by atoms with E-state index in [1.165, 1.54) is 26.0 Å². The fourth-order valence-electron chi connectivity index (χ4n) is 12.0. The lowest BCUT2D eigenvalue weighted by atomic mass is 9.88. The zero-order valence-electron chi connectivity index (χ0n) is 56.0. The van der Waals surface area contributed by atoms with Crippen molar-refractivity contribution < 1.29 is 76.4 Å². The van der Waals surface area contributed by atoms with E-state index in [9.17, 15) is 47.9 Å². The number of hydrogen-bond acceptors (Lipinski definition) is 16. The quantitative estimate of drug-likeness (QED) is 0.00619. The third kappa shape index (κ3) is 23.6. The Morgan fingerprint density at radius 3 is 2.04 bits per heavy atom. The number of hydrogen-bond donors (Lipinski definition) is 10. The van der Waals surface area contributed by atoms with Gasteiger partial charge in [0.25, 0.3) is 0 Å². The van der Waals surface area contributed by atoms with E-state index in [1.807, 2.05) is 62.4 Å². The Labute approximate surface area is 560 Å². The normalized spacial score (nSPS) is 21.7. The number of nitrogens with two attached hydrogens (primary N) is 1. The number of allylic oxidation sites excluding steroid dienone is 2. The number of unbranched alkanes of at least 4 members (excludes halogenated alkanes) is 1. The molecule has 0 bridgehead atoms. The molecule has 11 N–H and O–H groups in total. The van der Waals surface area contributed by atoms with Crippen LogP contribution in [-0.4, -0.2) is 146 Å². The maximum Gasteiger partial charge on any atom is 0.426 e. The summed E-state index contributed by atoms with van der Waals surface area (Å²) in [6.07, 6.45) is 9.64. The van der Waals surface area contributed by atoms with Gasteiger partial charge in [-0.25, -0.2) is 19.8 Å². The first-order valence-electron chi connectivity index (χ1n) is 32.9. The van der Waals surface area contributed by atoms with Crippen LogP contribution in [0.1, 0.15) is 142 Å². The number of urea groups is 1. The molecule has 0 saturated carbocycles. The van der Waals surface area contributed by atoms with Gasteiger partial charge in [0, 0.05) is 57.5 Å². The summed E-state index contributed by atoms with van der Waals surface area (Å²) in [5, 5.41) is 19.2. The Balaban J connectivity index is 0.815. The zero-order valence-corrected chi connectivity index (χ0v) is 56.0. The van der Waals surface area contributed by atoms with Crippen molar-refractivity contribution in [1.29, 1.82) is 0 Å². The molecule has 7 rings (SSSR count). The van der Waals surface area contributed by atoms with Crippen molar-refractivity contribution >= 4 is 65.3 Å². The number of amides is 10. The number of anilines is 1. The lowest BCUT2D eigenvalue weighted by Crippen LogP contribution is -2.57. The highest BCUT2D eigenvalue weighted by molar-refractivity contribution is 5.99. The molecule has 4 aliphatic rings. The van der Waals surface area contributed by atoms with Crippen molar-refractivity contribution in [2.24, 2.45) is 17.6 Å². The van der Waals surface area contributed by atoms with Crippen LogP contribution in [0.15, 0.2) is 109 Å². The number of hydrazine groups is 1. The molecular weight excluding hydrogens is 1240 g/mol. The molecule has 3 heterocycles. The van der Waals surface area contributed by atoms with Crippen molar-refractivity contribution in [3.8, 4) is 11.1 Å². The summed E-state index contributed by atoms with van der Waals surface area (Å²) < 4.78 is 34.5. The number of alkyl carbamates (subject to hydrolysis) is 1. The van der Waals surface area contributed by atoms with Gasteiger partial charge in [0.1, 0.15) is 37.4 Å². The summed E-state index contributed by atoms with van der Waals surface area (Å²) in [7, 11) is 0. The van der Waals surface area contributed by atoms with E-state index in [1.54, 1.807) is 45.0 Å². The van der Waals surface area contributed by atoms with Crippen LogP contribution < -0.4 is 53.8 Å². The molecule has 3 aromatic rings. The molecule has 3 aliphatic heterocycles. The van der Waals surface area contributed by atoms with E-state index >= 15 is 0 Å². The van der Waals surface area contributed by atoms with Gasteiger partial charge in [0.15, 0.2) is 0 Å². The molecular formula is C70H94N10O16. The predicted octanol–water partition coefficient (Wildman–Crippen LogP) is 6.58. The third-order valence-corrected chi connectivity index (χ3v) is 17.1. The molecule has 1 aliphatic carbocycles. The maximum absolute atomic E-state index is 14.0. The minimum atomic E-state index is -1.16. The summed E-state index contributed by atoms with van der Waals surface area (Å²) in [5.74, 6) is -3.99. The number of rotatable bonds is 31. The number of benzene rings is 3. The van der Waals surface area contributed by atoms with Gasteiger partial charge in [-0.15, -0.1) is 0 Å². The molecule has 0 aromatic heterocycles. The average molecular weight is 1330 g/mol. The van der Waals surface area contributed by atoms with Gasteiger partial charge >= 0.3 is 24.2 Å². The van der Waals surface area contributed by atoms with Crippen molar-refractivity contribution in [2.45, 2.75) is 192 Å². The first-order chi connectivity index (χ1) is 45.8. The standard InChI is InChI=1S/C70H94N10O16/c1-41(2)63(78-65(86)57(74-46(7)81)20-13-14-32-73-68(89)92-39-56-54-18-11-9-16-52(54)53-17-10-12-19-55(53)56)66(87)77-58(21-15-33-72-67(71)88)64(85)75-49-27-25-48(26-28-49)38-91-69(90)80-79-62(84)35-51-37-70(40-93-70)36-50(96-51)29-22-42(3)23-30-60-43(4)34-59(45(6)95-60)76-61(83)31-24-44(5)94-47(8)82/h9-12,16-19,22-29,31,41,43-45,50-51,56-60,63H,13-15,20-21,30,32-40H2,1-8H3,(H,73,89)(H,74,81)(H,75,85)(H,76,83)(H,77,87)(H,78,86)(H,79,84)(H,80,90)(H3,71,72,88)/b29-22+,31-24-,42-23+/t43-,44-,45+,50+,51+,57-,58-,59+,60-,63-,70+/m0/s1. The fraction of sp³-hybridized carbons (Fsp3) is 0.514. The molecule has 3 saturated heterocycles. The Morgan fingerprint density at radius 1 is 0.719 bits per heavy atom. The molecule has 1 spiro atoms. The molecule has 26 heteroatoms. The number of nitrogens with one attached hydrogen (secondary N) is 9. The molecule has 520 valence electrons. The van der Waals surface area contributed by atoms with Crippen LogP contribution in [0.3, 0.4) is 0 Å². The summed E-state index contributed by atoms with van der Waals surface area (Å²) in [5.41, 5.74) is 15.8. The number of carbonyl (C=O) groups excluding carboxylic acids is 10. The molecule has 96 heavy (non-hydrogen) atoms. The number of primary amides is 1. The van der Waals surface area contributed by atoms with Crippen molar-refractivity contribution in [3.63, 3.8) is 0 Å². The molecule has 3 fully saturated rings. The van der Waals surface area contributed by atoms with Crippen LogP contribution in [0.5, 0.6) is 0 Å². The lowest BCUT2D eigenvalue weighted by molar-refractivity contribution is -0.143.